The summed E-state index contributed by atoms with van der Waals surface area (Å²) in [6, 6.07) is 129. The van der Waals surface area contributed by atoms with Gasteiger partial charge in [0.05, 0.1) is 5.41 Å². The van der Waals surface area contributed by atoms with Crippen LogP contribution in [0.1, 0.15) is 85.9 Å². The number of rotatable bonds is 19. The Kier molecular flexibility index (Phi) is 20.9. The zero-order chi connectivity index (χ0) is 81.7. The first kappa shape index (κ1) is 75.7. The number of aliphatic imine (C=N–C) groups is 2. The van der Waals surface area contributed by atoms with Crippen LogP contribution in [0.2, 0.25) is 0 Å². The lowest BCUT2D eigenvalue weighted by Crippen LogP contribution is -2.29. The summed E-state index contributed by atoms with van der Waals surface area (Å²) in [6.07, 6.45) is 14.6. The van der Waals surface area contributed by atoms with Crippen molar-refractivity contribution in [3.8, 4) is 124 Å². The van der Waals surface area contributed by atoms with Gasteiger partial charge in [-0.3, -0.25) is 0 Å². The summed E-state index contributed by atoms with van der Waals surface area (Å²) < 4.78 is -0.239. The second kappa shape index (κ2) is 33.7. The molecule has 3 aliphatic carbocycles. The number of hydrogen-bond donors (Lipinski definition) is 1. The molecule has 12 nitrogen and oxygen atoms in total. The summed E-state index contributed by atoms with van der Waals surface area (Å²) >= 11 is 2.38. The molecule has 1 unspecified atom stereocenters. The number of benzene rings is 14. The van der Waals surface area contributed by atoms with E-state index in [0.29, 0.717) is 64.1 Å². The molecule has 2 N–H and O–H groups in total. The molecule has 0 saturated carbocycles. The lowest BCUT2D eigenvalue weighted by molar-refractivity contribution is 0.769. The van der Waals surface area contributed by atoms with Gasteiger partial charge in [-0.25, -0.2) is 54.8 Å². The number of aromatic nitrogens is 9. The maximum atomic E-state index is 7.38. The van der Waals surface area contributed by atoms with Gasteiger partial charge in [0.1, 0.15) is 9.88 Å². The SMILES string of the molecule is N/C(=N\C(=N/C(I)c1ccccc1)c1ccccc1)c1cccc(-c2cc(-c3cccc(-c4nc(-c5ccccc5)nc(-c5ccccc5)n4)c3)cc(C3(c4cc(C5=CCCC(c6nc(C7=CCCC=C7)nc(-c7ccccc7)n6)=C5)cc(-c5cccc(-c6nc(-c7ccccc7)nc(-c7ccccc7)n6)c5)c4)c4ccccc4-c4ccccc43)c2)c1. The zero-order valence-electron chi connectivity index (χ0n) is 66.4. The van der Waals surface area contributed by atoms with E-state index in [4.69, 9.17) is 60.6 Å². The van der Waals surface area contributed by atoms with E-state index in [2.05, 4.69) is 229 Å². The molecule has 0 radical (unpaired) electrons. The van der Waals surface area contributed by atoms with Gasteiger partial charge in [-0.2, -0.15) is 0 Å². The highest BCUT2D eigenvalue weighted by molar-refractivity contribution is 14.1. The van der Waals surface area contributed by atoms with E-state index in [0.717, 1.165) is 170 Å². The van der Waals surface area contributed by atoms with E-state index < -0.39 is 5.41 Å². The van der Waals surface area contributed by atoms with Gasteiger partial charge in [-0.15, -0.1) is 0 Å². The van der Waals surface area contributed by atoms with Crippen molar-refractivity contribution in [1.82, 2.24) is 44.9 Å². The Morgan fingerprint density at radius 1 is 0.303 bits per heavy atom. The topological polar surface area (TPSA) is 167 Å². The molecule has 0 spiro atoms. The maximum Gasteiger partial charge on any atom is 0.164 e. The van der Waals surface area contributed by atoms with Crippen molar-refractivity contribution >= 4 is 51.0 Å². The van der Waals surface area contributed by atoms with Crippen LogP contribution < -0.4 is 5.73 Å². The van der Waals surface area contributed by atoms with Gasteiger partial charge >= 0.3 is 0 Å². The van der Waals surface area contributed by atoms with Gasteiger partial charge < -0.3 is 5.73 Å². The predicted molar refractivity (Wildman–Crippen MR) is 503 cm³/mol. The molecule has 0 bridgehead atoms. The van der Waals surface area contributed by atoms with Crippen molar-refractivity contribution in [2.24, 2.45) is 15.7 Å². The average Bonchev–Trinajstić information content (AvgIpc) is 1.57. The largest absolute Gasteiger partial charge is 0.383 e. The van der Waals surface area contributed by atoms with Crippen LogP contribution in [0.25, 0.3) is 141 Å². The highest BCUT2D eigenvalue weighted by Crippen LogP contribution is 2.58. The van der Waals surface area contributed by atoms with Crippen molar-refractivity contribution in [2.45, 2.75) is 35.1 Å². The third kappa shape index (κ3) is 15.4. The summed E-state index contributed by atoms with van der Waals surface area (Å²) in [5.41, 5.74) is 31.5. The number of allylic oxidation sites excluding steroid dienone is 8. The molecule has 3 heterocycles. The molecular weight excluding hydrogens is 1600 g/mol. The highest BCUT2D eigenvalue weighted by atomic mass is 127. The van der Waals surface area contributed by atoms with E-state index >= 15 is 0 Å². The minimum absolute atomic E-state index is 0.239. The van der Waals surface area contributed by atoms with E-state index in [1.807, 2.05) is 194 Å². The van der Waals surface area contributed by atoms with E-state index in [1.165, 1.54) is 0 Å². The Labute approximate surface area is 722 Å². The third-order valence-corrected chi connectivity index (χ3v) is 23.7. The molecule has 3 aliphatic rings. The van der Waals surface area contributed by atoms with Crippen LogP contribution >= 0.6 is 22.6 Å². The number of nitrogens with zero attached hydrogens (tertiary/aromatic N) is 11. The van der Waals surface area contributed by atoms with E-state index in [9.17, 15) is 0 Å². The molecular formula is C109H77IN12. The summed E-state index contributed by atoms with van der Waals surface area (Å²) in [5.74, 6) is 6.19. The molecule has 580 valence electrons. The molecule has 0 amide bonds. The second-order valence-electron chi connectivity index (χ2n) is 30.5. The van der Waals surface area contributed by atoms with Crippen LogP contribution in [0.3, 0.4) is 0 Å². The second-order valence-corrected chi connectivity index (χ2v) is 31.7. The minimum atomic E-state index is -1.03. The van der Waals surface area contributed by atoms with E-state index in [1.54, 1.807) is 0 Å². The number of nitrogens with two attached hydrogens (primary N) is 1. The zero-order valence-corrected chi connectivity index (χ0v) is 68.5. The Bertz CT molecular complexity index is 6850. The standard InChI is InChI=1S/C109H77IN12/c110-97(71-33-9-1-10-34-71)112-99(72-35-11-2-12-36-72)113-98(111)83-53-29-49-79(61-83)87-65-88(80-50-30-54-84(62-80)106-117-100(73-37-13-3-14-38-73)114-101(118-106)74-39-15-4-16-40-74)68-91(67-87)109(95-59-27-25-57-93(95)94-58-26-28-60-96(94)109)92-69-89(81-51-31-55-85(63-81)107-119-102(75-41-17-5-18-42-75)115-103(120-107)76-43-19-6-20-44-76)66-90(70-92)82-52-32-56-86(64-82)108-121-104(77-45-21-7-22-46-77)116-105(122-108)78-47-23-8-24-48-78/h1-7,9-23,25-31,33-55,57-70,97H,8,24,32,56H2,(H2,111,112,113). The monoisotopic (exact) mass is 1680 g/mol. The van der Waals surface area contributed by atoms with Gasteiger partial charge in [-0.1, -0.05) is 362 Å². The third-order valence-electron chi connectivity index (χ3n) is 22.7. The van der Waals surface area contributed by atoms with Gasteiger partial charge in [0.2, 0.25) is 0 Å². The minimum Gasteiger partial charge on any atom is -0.383 e. The van der Waals surface area contributed by atoms with Gasteiger partial charge in [0.15, 0.2) is 58.3 Å². The van der Waals surface area contributed by atoms with Crippen LogP contribution in [0.5, 0.6) is 0 Å². The normalized spacial score (nSPS) is 13.8. The number of fused-ring (bicyclic) bond motifs is 3. The molecule has 13 heteroatoms. The fourth-order valence-electron chi connectivity index (χ4n) is 16.7. The van der Waals surface area contributed by atoms with E-state index in [-0.39, 0.29) is 4.05 Å². The quantitative estimate of drug-likeness (QED) is 0.0271. The van der Waals surface area contributed by atoms with Crippen LogP contribution in [-0.4, -0.2) is 56.5 Å². The number of amidine groups is 2. The first-order valence-corrected chi connectivity index (χ1v) is 42.3. The lowest BCUT2D eigenvalue weighted by atomic mass is 9.66. The summed E-state index contributed by atoms with van der Waals surface area (Å²) in [4.78, 5) is 57.8. The smallest absolute Gasteiger partial charge is 0.164 e. The summed E-state index contributed by atoms with van der Waals surface area (Å²) in [6.45, 7) is 0. The fraction of sp³-hybridized carbons (Fsp3) is 0.0550. The predicted octanol–water partition coefficient (Wildman–Crippen LogP) is 25.6. The van der Waals surface area contributed by atoms with Crippen molar-refractivity contribution in [3.63, 3.8) is 0 Å². The molecule has 0 saturated heterocycles. The molecule has 3 aromatic heterocycles. The molecule has 17 aromatic rings. The lowest BCUT2D eigenvalue weighted by Gasteiger charge is -2.35. The average molecular weight is 1680 g/mol. The van der Waals surface area contributed by atoms with Crippen LogP contribution in [0, 0.1) is 0 Å². The number of alkyl halides is 1. The number of halogens is 1. The van der Waals surface area contributed by atoms with Gasteiger partial charge in [0, 0.05) is 55.6 Å². The summed E-state index contributed by atoms with van der Waals surface area (Å²) in [7, 11) is 0. The Morgan fingerprint density at radius 3 is 1.13 bits per heavy atom. The molecule has 122 heavy (non-hydrogen) atoms. The van der Waals surface area contributed by atoms with Crippen molar-refractivity contribution in [1.29, 1.82) is 0 Å². The fourth-order valence-corrected chi connectivity index (χ4v) is 17.4. The van der Waals surface area contributed by atoms with Crippen LogP contribution in [0.4, 0.5) is 0 Å². The van der Waals surface area contributed by atoms with Crippen LogP contribution in [-0.2, 0) is 5.41 Å². The molecule has 1 atom stereocenters. The van der Waals surface area contributed by atoms with Gasteiger partial charge in [-0.05, 0) is 175 Å². The first-order chi connectivity index (χ1) is 60.2. The van der Waals surface area contributed by atoms with Crippen LogP contribution in [0.15, 0.2) is 410 Å². The maximum absolute atomic E-state index is 7.38. The summed E-state index contributed by atoms with van der Waals surface area (Å²) in [5, 5.41) is 0. The molecule has 14 aromatic carbocycles. The van der Waals surface area contributed by atoms with Crippen molar-refractivity contribution in [2.75, 3.05) is 0 Å². The Hall–Kier alpha value is -15.1. The molecule has 20 rings (SSSR count). The Morgan fingerprint density at radius 2 is 0.656 bits per heavy atom. The van der Waals surface area contributed by atoms with Crippen molar-refractivity contribution < 1.29 is 0 Å². The molecule has 0 aliphatic heterocycles. The highest BCUT2D eigenvalue weighted by Gasteiger charge is 2.47. The Balaban J connectivity index is 0.824. The number of hydrogen-bond acceptors (Lipinski definition) is 10. The van der Waals surface area contributed by atoms with Crippen molar-refractivity contribution in [3.05, 3.63) is 457 Å². The van der Waals surface area contributed by atoms with Gasteiger partial charge in [0.25, 0.3) is 0 Å². The molecule has 0 fully saturated rings. The first-order valence-electron chi connectivity index (χ1n) is 41.1.